The van der Waals surface area contributed by atoms with Crippen LogP contribution < -0.4 is 10.1 Å². The van der Waals surface area contributed by atoms with Crippen molar-refractivity contribution in [2.75, 3.05) is 33.9 Å². The molecule has 0 bridgehead atoms. The minimum absolute atomic E-state index is 0.0771. The molecule has 25 heavy (non-hydrogen) atoms. The lowest BCUT2D eigenvalue weighted by molar-refractivity contribution is -0.149. The second-order valence-electron chi connectivity index (χ2n) is 6.24. The van der Waals surface area contributed by atoms with Gasteiger partial charge in [-0.25, -0.2) is 0 Å². The van der Waals surface area contributed by atoms with Crippen LogP contribution in [0.2, 0.25) is 0 Å². The van der Waals surface area contributed by atoms with E-state index in [1.54, 1.807) is 14.2 Å². The lowest BCUT2D eigenvalue weighted by atomic mass is 9.98. The van der Waals surface area contributed by atoms with Crippen LogP contribution in [-0.2, 0) is 16.1 Å². The molecule has 0 saturated carbocycles. The second-order valence-corrected chi connectivity index (χ2v) is 6.24. The topological polar surface area (TPSA) is 63.2 Å². The van der Waals surface area contributed by atoms with E-state index in [-0.39, 0.29) is 11.9 Å². The number of rotatable bonds is 5. The molecule has 1 aromatic carbocycles. The normalized spacial score (nSPS) is 18.0. The molecule has 1 unspecified atom stereocenters. The maximum Gasteiger partial charge on any atom is 0.310 e. The van der Waals surface area contributed by atoms with Crippen molar-refractivity contribution in [1.82, 2.24) is 10.2 Å². The lowest BCUT2D eigenvalue weighted by Crippen LogP contribution is -2.48. The Hall–Kier alpha value is -2.24. The Balaban J connectivity index is 1.96. The van der Waals surface area contributed by atoms with Gasteiger partial charge in [0.05, 0.1) is 19.6 Å². The minimum atomic E-state index is -0.106. The molecule has 2 rings (SSSR count). The van der Waals surface area contributed by atoms with Crippen LogP contribution in [0, 0.1) is 12.8 Å². The van der Waals surface area contributed by atoms with Crippen molar-refractivity contribution in [3.8, 4) is 5.75 Å². The van der Waals surface area contributed by atoms with E-state index < -0.39 is 0 Å². The van der Waals surface area contributed by atoms with Crippen LogP contribution in [0.15, 0.2) is 23.2 Å². The number of esters is 1. The van der Waals surface area contributed by atoms with Gasteiger partial charge in [-0.3, -0.25) is 9.79 Å². The summed E-state index contributed by atoms with van der Waals surface area (Å²) >= 11 is 0. The number of likely N-dealkylation sites (tertiary alicyclic amines) is 1. The van der Waals surface area contributed by atoms with Gasteiger partial charge in [0.1, 0.15) is 5.75 Å². The molecular weight excluding hydrogens is 318 g/mol. The zero-order chi connectivity index (χ0) is 18.2. The SMILES string of the molecule is CCOC(=O)C1CCCN(C(=NC)NCc2ccc(C)c(OC)c2)C1. The van der Waals surface area contributed by atoms with Crippen LogP contribution in [0.5, 0.6) is 5.75 Å². The Kier molecular flexibility index (Phi) is 7.10. The molecule has 0 spiro atoms. The number of aliphatic imine (C=N–C) groups is 1. The molecule has 1 aliphatic rings. The number of hydrogen-bond donors (Lipinski definition) is 1. The van der Waals surface area contributed by atoms with E-state index >= 15 is 0 Å². The van der Waals surface area contributed by atoms with Crippen LogP contribution in [0.1, 0.15) is 30.9 Å². The molecule has 6 heteroatoms. The summed E-state index contributed by atoms with van der Waals surface area (Å²) in [6, 6.07) is 6.17. The van der Waals surface area contributed by atoms with Gasteiger partial charge in [-0.05, 0) is 43.9 Å². The van der Waals surface area contributed by atoms with Crippen molar-refractivity contribution < 1.29 is 14.3 Å². The van der Waals surface area contributed by atoms with Crippen LogP contribution in [0.4, 0.5) is 0 Å². The zero-order valence-electron chi connectivity index (χ0n) is 15.7. The highest BCUT2D eigenvalue weighted by Gasteiger charge is 2.28. The number of piperidine rings is 1. The Bertz CT molecular complexity index is 616. The van der Waals surface area contributed by atoms with E-state index in [4.69, 9.17) is 9.47 Å². The van der Waals surface area contributed by atoms with Crippen LogP contribution in [0.3, 0.4) is 0 Å². The highest BCUT2D eigenvalue weighted by molar-refractivity contribution is 5.81. The Morgan fingerprint density at radius 3 is 2.92 bits per heavy atom. The number of ether oxygens (including phenoxy) is 2. The number of methoxy groups -OCH3 is 1. The number of carbonyl (C=O) groups is 1. The molecule has 0 aromatic heterocycles. The summed E-state index contributed by atoms with van der Waals surface area (Å²) in [5, 5.41) is 3.39. The van der Waals surface area contributed by atoms with E-state index in [2.05, 4.69) is 27.3 Å². The first-order valence-electron chi connectivity index (χ1n) is 8.84. The second kappa shape index (κ2) is 9.30. The van der Waals surface area contributed by atoms with Gasteiger partial charge >= 0.3 is 5.97 Å². The molecule has 1 aromatic rings. The fourth-order valence-electron chi connectivity index (χ4n) is 3.11. The fraction of sp³-hybridized carbons (Fsp3) is 0.579. The summed E-state index contributed by atoms with van der Waals surface area (Å²) < 4.78 is 10.5. The molecule has 1 saturated heterocycles. The third kappa shape index (κ3) is 5.11. The average molecular weight is 347 g/mol. The smallest absolute Gasteiger partial charge is 0.310 e. The molecule has 1 heterocycles. The monoisotopic (exact) mass is 347 g/mol. The van der Waals surface area contributed by atoms with Gasteiger partial charge in [-0.1, -0.05) is 12.1 Å². The van der Waals surface area contributed by atoms with Crippen LogP contribution in [-0.4, -0.2) is 50.7 Å². The van der Waals surface area contributed by atoms with Crippen molar-refractivity contribution in [2.24, 2.45) is 10.9 Å². The van der Waals surface area contributed by atoms with Crippen molar-refractivity contribution in [2.45, 2.75) is 33.2 Å². The number of aryl methyl sites for hydroxylation is 1. The molecule has 1 atom stereocenters. The summed E-state index contributed by atoms with van der Waals surface area (Å²) in [6.07, 6.45) is 1.84. The highest BCUT2D eigenvalue weighted by Crippen LogP contribution is 2.20. The first-order valence-corrected chi connectivity index (χ1v) is 8.84. The van der Waals surface area contributed by atoms with Crippen molar-refractivity contribution >= 4 is 11.9 Å². The zero-order valence-corrected chi connectivity index (χ0v) is 15.7. The Morgan fingerprint density at radius 2 is 2.24 bits per heavy atom. The number of nitrogens with zero attached hydrogens (tertiary/aromatic N) is 2. The third-order valence-corrected chi connectivity index (χ3v) is 4.48. The van der Waals surface area contributed by atoms with E-state index in [9.17, 15) is 4.79 Å². The summed E-state index contributed by atoms with van der Waals surface area (Å²) in [5.74, 6) is 1.51. The minimum Gasteiger partial charge on any atom is -0.496 e. The number of carbonyl (C=O) groups excluding carboxylic acids is 1. The number of guanidine groups is 1. The molecule has 138 valence electrons. The van der Waals surface area contributed by atoms with Crippen molar-refractivity contribution in [3.63, 3.8) is 0 Å². The van der Waals surface area contributed by atoms with E-state index in [0.717, 1.165) is 42.2 Å². The molecule has 0 amide bonds. The number of hydrogen-bond acceptors (Lipinski definition) is 4. The van der Waals surface area contributed by atoms with Gasteiger partial charge < -0.3 is 19.7 Å². The van der Waals surface area contributed by atoms with Crippen molar-refractivity contribution in [3.05, 3.63) is 29.3 Å². The fourth-order valence-corrected chi connectivity index (χ4v) is 3.11. The van der Waals surface area contributed by atoms with Crippen LogP contribution in [0.25, 0.3) is 0 Å². The largest absolute Gasteiger partial charge is 0.496 e. The van der Waals surface area contributed by atoms with Gasteiger partial charge in [0.15, 0.2) is 5.96 Å². The lowest BCUT2D eigenvalue weighted by Gasteiger charge is -2.34. The number of benzene rings is 1. The molecule has 0 aliphatic carbocycles. The molecule has 1 aliphatic heterocycles. The standard InChI is InChI=1S/C19H29N3O3/c1-5-25-18(23)16-7-6-10-22(13-16)19(20-3)21-12-15-9-8-14(2)17(11-15)24-4/h8-9,11,16H,5-7,10,12-13H2,1-4H3,(H,20,21). The van der Waals surface area contributed by atoms with Gasteiger partial charge in [0, 0.05) is 26.7 Å². The van der Waals surface area contributed by atoms with Gasteiger partial charge in [-0.15, -0.1) is 0 Å². The first-order chi connectivity index (χ1) is 12.1. The summed E-state index contributed by atoms with van der Waals surface area (Å²) in [7, 11) is 3.45. The average Bonchev–Trinajstić information content (AvgIpc) is 2.64. The number of nitrogens with one attached hydrogen (secondary N) is 1. The predicted molar refractivity (Wildman–Crippen MR) is 98.9 cm³/mol. The predicted octanol–water partition coefficient (Wildman–Crippen LogP) is 2.35. The quantitative estimate of drug-likeness (QED) is 0.503. The van der Waals surface area contributed by atoms with E-state index in [0.29, 0.717) is 19.7 Å². The van der Waals surface area contributed by atoms with Gasteiger partial charge in [0.25, 0.3) is 0 Å². The van der Waals surface area contributed by atoms with Gasteiger partial charge in [0.2, 0.25) is 0 Å². The van der Waals surface area contributed by atoms with Crippen LogP contribution >= 0.6 is 0 Å². The molecule has 6 nitrogen and oxygen atoms in total. The first kappa shape index (κ1) is 19.1. The van der Waals surface area contributed by atoms with E-state index in [1.165, 1.54) is 0 Å². The maximum atomic E-state index is 12.0. The van der Waals surface area contributed by atoms with Gasteiger partial charge in [-0.2, -0.15) is 0 Å². The van der Waals surface area contributed by atoms with Crippen molar-refractivity contribution in [1.29, 1.82) is 0 Å². The van der Waals surface area contributed by atoms with E-state index in [1.807, 2.05) is 19.9 Å². The maximum absolute atomic E-state index is 12.0. The molecule has 0 radical (unpaired) electrons. The molecular formula is C19H29N3O3. The molecule has 1 N–H and O–H groups in total. The summed E-state index contributed by atoms with van der Waals surface area (Å²) in [5.41, 5.74) is 2.24. The Morgan fingerprint density at radius 1 is 1.44 bits per heavy atom. The summed E-state index contributed by atoms with van der Waals surface area (Å²) in [6.45, 7) is 6.50. The molecule has 1 fully saturated rings. The Labute approximate surface area is 150 Å². The highest BCUT2D eigenvalue weighted by atomic mass is 16.5. The third-order valence-electron chi connectivity index (χ3n) is 4.48. The summed E-state index contributed by atoms with van der Waals surface area (Å²) in [4.78, 5) is 18.5.